The number of carbonyl (C=O) groups excluding carboxylic acids is 1. The maximum atomic E-state index is 12.9. The smallest absolute Gasteiger partial charge is 0.249 e. The van der Waals surface area contributed by atoms with E-state index in [1.54, 1.807) is 6.08 Å². The Hall–Kier alpha value is -1.41. The highest BCUT2D eigenvalue weighted by molar-refractivity contribution is 5.81. The van der Waals surface area contributed by atoms with Crippen molar-refractivity contribution < 1.29 is 50.0 Å². The maximum absolute atomic E-state index is 12.9. The number of unbranched alkanes of at least 4 members (excludes halogenated alkanes) is 13. The molecule has 0 radical (unpaired) electrons. The van der Waals surface area contributed by atoms with E-state index in [1.807, 2.05) is 6.08 Å². The second-order valence-corrected chi connectivity index (χ2v) is 13.0. The number of aliphatic hydroxyl groups excluding tert-OH is 7. The minimum Gasteiger partial charge on any atom is -0.394 e. The fourth-order valence-electron chi connectivity index (χ4n) is 5.60. The van der Waals surface area contributed by atoms with Gasteiger partial charge >= 0.3 is 0 Å². The molecule has 1 heterocycles. The second kappa shape index (κ2) is 27.4. The number of aliphatic hydroxyl groups is 7. The van der Waals surface area contributed by atoms with Gasteiger partial charge in [0, 0.05) is 6.42 Å². The molecule has 9 atom stereocenters. The first kappa shape index (κ1) is 43.6. The molecule has 1 saturated heterocycles. The zero-order valence-corrected chi connectivity index (χ0v) is 29.0. The first-order chi connectivity index (χ1) is 22.7. The van der Waals surface area contributed by atoms with Gasteiger partial charge in [-0.05, 0) is 25.7 Å². The molecule has 0 saturated carbocycles. The highest BCUT2D eigenvalue weighted by Crippen LogP contribution is 2.23. The maximum Gasteiger partial charge on any atom is 0.249 e. The summed E-state index contributed by atoms with van der Waals surface area (Å²) in [4.78, 5) is 12.9. The SMILES string of the molecule is CCCCCCCC/C=C\C/C=C\CC(O)C(=O)NC(COC1OC(CO)C(O)C(O)C1O)C(O)C(O)CCCCCCCCCC. The molecule has 11 nitrogen and oxygen atoms in total. The lowest BCUT2D eigenvalue weighted by Gasteiger charge is -2.40. The number of rotatable bonds is 28. The molecule has 1 rings (SSSR count). The van der Waals surface area contributed by atoms with Crippen molar-refractivity contribution in [2.75, 3.05) is 13.2 Å². The Bertz CT molecular complexity index is 826. The van der Waals surface area contributed by atoms with Crippen LogP contribution in [0.5, 0.6) is 0 Å². The monoisotopic (exact) mass is 673 g/mol. The zero-order valence-electron chi connectivity index (χ0n) is 29.0. The topological polar surface area (TPSA) is 189 Å². The number of nitrogens with one attached hydrogen (secondary N) is 1. The highest BCUT2D eigenvalue weighted by atomic mass is 16.7. The van der Waals surface area contributed by atoms with Crippen LogP contribution in [0, 0.1) is 0 Å². The molecular weight excluding hydrogens is 606 g/mol. The molecule has 1 aliphatic heterocycles. The van der Waals surface area contributed by atoms with Gasteiger partial charge in [0.15, 0.2) is 6.29 Å². The highest BCUT2D eigenvalue weighted by Gasteiger charge is 2.44. The Morgan fingerprint density at radius 3 is 1.96 bits per heavy atom. The molecule has 0 aromatic rings. The van der Waals surface area contributed by atoms with Crippen LogP contribution in [-0.2, 0) is 14.3 Å². The van der Waals surface area contributed by atoms with Gasteiger partial charge in [-0.3, -0.25) is 4.79 Å². The van der Waals surface area contributed by atoms with Crippen molar-refractivity contribution in [3.05, 3.63) is 24.3 Å². The normalized spacial score (nSPS) is 24.5. The summed E-state index contributed by atoms with van der Waals surface area (Å²) in [5, 5.41) is 74.7. The number of carbonyl (C=O) groups is 1. The molecule has 9 unspecified atom stereocenters. The first-order valence-electron chi connectivity index (χ1n) is 18.2. The number of ether oxygens (including phenoxy) is 2. The lowest BCUT2D eigenvalue weighted by molar-refractivity contribution is -0.303. The molecule has 8 N–H and O–H groups in total. The van der Waals surface area contributed by atoms with Gasteiger partial charge in [-0.15, -0.1) is 0 Å². The average molecular weight is 674 g/mol. The summed E-state index contributed by atoms with van der Waals surface area (Å²) < 4.78 is 11.0. The van der Waals surface area contributed by atoms with E-state index < -0.39 is 74.2 Å². The number of amides is 1. The van der Waals surface area contributed by atoms with E-state index in [0.717, 1.165) is 25.7 Å². The van der Waals surface area contributed by atoms with Crippen LogP contribution >= 0.6 is 0 Å². The van der Waals surface area contributed by atoms with E-state index in [4.69, 9.17) is 9.47 Å². The van der Waals surface area contributed by atoms with Crippen LogP contribution in [0.25, 0.3) is 0 Å². The summed E-state index contributed by atoms with van der Waals surface area (Å²) in [6.07, 6.45) is 14.3. The van der Waals surface area contributed by atoms with Crippen molar-refractivity contribution in [3.8, 4) is 0 Å². The third-order valence-electron chi connectivity index (χ3n) is 8.77. The molecule has 276 valence electrons. The minimum atomic E-state index is -1.67. The first-order valence-corrected chi connectivity index (χ1v) is 18.2. The van der Waals surface area contributed by atoms with Crippen LogP contribution in [0.1, 0.15) is 129 Å². The molecule has 1 aliphatic rings. The average Bonchev–Trinajstić information content (AvgIpc) is 3.07. The van der Waals surface area contributed by atoms with Crippen molar-refractivity contribution >= 4 is 5.91 Å². The van der Waals surface area contributed by atoms with Crippen LogP contribution in [0.2, 0.25) is 0 Å². The van der Waals surface area contributed by atoms with Crippen molar-refractivity contribution in [2.45, 2.75) is 184 Å². The van der Waals surface area contributed by atoms with E-state index in [1.165, 1.54) is 64.2 Å². The molecule has 0 aromatic carbocycles. The van der Waals surface area contributed by atoms with Gasteiger partial charge in [-0.25, -0.2) is 0 Å². The minimum absolute atomic E-state index is 0.0499. The largest absolute Gasteiger partial charge is 0.394 e. The van der Waals surface area contributed by atoms with Gasteiger partial charge in [0.25, 0.3) is 0 Å². The van der Waals surface area contributed by atoms with Crippen molar-refractivity contribution in [1.29, 1.82) is 0 Å². The van der Waals surface area contributed by atoms with Gasteiger partial charge in [0.1, 0.15) is 36.6 Å². The molecule has 1 fully saturated rings. The quantitative estimate of drug-likeness (QED) is 0.0451. The van der Waals surface area contributed by atoms with E-state index in [2.05, 4.69) is 31.3 Å². The van der Waals surface area contributed by atoms with Crippen molar-refractivity contribution in [3.63, 3.8) is 0 Å². The summed E-state index contributed by atoms with van der Waals surface area (Å²) in [6, 6.07) is -1.19. The van der Waals surface area contributed by atoms with E-state index >= 15 is 0 Å². The fourth-order valence-corrected chi connectivity index (χ4v) is 5.60. The Morgan fingerprint density at radius 1 is 0.766 bits per heavy atom. The fraction of sp³-hybridized carbons (Fsp3) is 0.861. The number of allylic oxidation sites excluding steroid dienone is 3. The van der Waals surface area contributed by atoms with Gasteiger partial charge < -0.3 is 50.5 Å². The van der Waals surface area contributed by atoms with Gasteiger partial charge in [-0.1, -0.05) is 122 Å². The van der Waals surface area contributed by atoms with Crippen LogP contribution in [0.15, 0.2) is 24.3 Å². The standard InChI is InChI=1S/C36H67NO10/c1-3-5-7-9-11-13-14-15-16-18-20-22-24-29(40)35(45)37-27(26-46-36-34(44)33(43)32(42)30(25-38)47-36)31(41)28(39)23-21-19-17-12-10-8-6-4-2/h15-16,20,22,27-34,36,38-44H,3-14,17-19,21,23-26H2,1-2H3,(H,37,45)/b16-15-,22-20-. The molecule has 11 heteroatoms. The van der Waals surface area contributed by atoms with Crippen LogP contribution in [0.3, 0.4) is 0 Å². The van der Waals surface area contributed by atoms with Crippen LogP contribution in [0.4, 0.5) is 0 Å². The van der Waals surface area contributed by atoms with Crippen LogP contribution < -0.4 is 5.32 Å². The summed E-state index contributed by atoms with van der Waals surface area (Å²) in [6.45, 7) is 3.29. The summed E-state index contributed by atoms with van der Waals surface area (Å²) in [7, 11) is 0. The molecule has 1 amide bonds. The predicted molar refractivity (Wildman–Crippen MR) is 182 cm³/mol. The molecule has 0 bridgehead atoms. The predicted octanol–water partition coefficient (Wildman–Crippen LogP) is 3.54. The summed E-state index contributed by atoms with van der Waals surface area (Å²) in [5.74, 6) is -0.769. The van der Waals surface area contributed by atoms with Gasteiger partial charge in [0.05, 0.1) is 25.4 Å². The summed E-state index contributed by atoms with van der Waals surface area (Å²) >= 11 is 0. The molecule has 0 aromatic heterocycles. The third-order valence-corrected chi connectivity index (χ3v) is 8.77. The zero-order chi connectivity index (χ0) is 34.9. The summed E-state index contributed by atoms with van der Waals surface area (Å²) in [5.41, 5.74) is 0. The third kappa shape index (κ3) is 18.8. The van der Waals surface area contributed by atoms with Crippen molar-refractivity contribution in [1.82, 2.24) is 5.32 Å². The molecular formula is C36H67NO10. The lowest BCUT2D eigenvalue weighted by Crippen LogP contribution is -2.60. The number of hydrogen-bond donors (Lipinski definition) is 8. The lowest BCUT2D eigenvalue weighted by atomic mass is 9.98. The molecule has 0 spiro atoms. The Labute approximate surface area is 283 Å². The number of hydrogen-bond acceptors (Lipinski definition) is 10. The Morgan fingerprint density at radius 2 is 1.34 bits per heavy atom. The molecule has 47 heavy (non-hydrogen) atoms. The van der Waals surface area contributed by atoms with Gasteiger partial charge in [-0.2, -0.15) is 0 Å². The van der Waals surface area contributed by atoms with Crippen LogP contribution in [-0.4, -0.2) is 110 Å². The Kier molecular flexibility index (Phi) is 25.4. The van der Waals surface area contributed by atoms with E-state index in [-0.39, 0.29) is 6.42 Å². The van der Waals surface area contributed by atoms with Crippen molar-refractivity contribution in [2.24, 2.45) is 0 Å². The van der Waals surface area contributed by atoms with Gasteiger partial charge in [0.2, 0.25) is 5.91 Å². The molecule has 0 aliphatic carbocycles. The van der Waals surface area contributed by atoms with E-state index in [9.17, 15) is 40.5 Å². The second-order valence-electron chi connectivity index (χ2n) is 13.0. The van der Waals surface area contributed by atoms with E-state index in [0.29, 0.717) is 19.3 Å². The Balaban J connectivity index is 2.66.